The predicted octanol–water partition coefficient (Wildman–Crippen LogP) is 4.53. The van der Waals surface area contributed by atoms with Gasteiger partial charge in [0, 0.05) is 11.3 Å². The van der Waals surface area contributed by atoms with Gasteiger partial charge in [0.25, 0.3) is 0 Å². The lowest BCUT2D eigenvalue weighted by Crippen LogP contribution is -2.20. The monoisotopic (exact) mass is 391 g/mol. The van der Waals surface area contributed by atoms with E-state index in [9.17, 15) is 4.91 Å². The highest BCUT2D eigenvalue weighted by Gasteiger charge is 2.23. The van der Waals surface area contributed by atoms with E-state index in [1.807, 2.05) is 36.4 Å². The van der Waals surface area contributed by atoms with Crippen molar-refractivity contribution in [1.29, 1.82) is 0 Å². The van der Waals surface area contributed by atoms with Crippen molar-refractivity contribution in [3.05, 3.63) is 64.6 Å². The van der Waals surface area contributed by atoms with Crippen LogP contribution < -0.4 is 9.47 Å². The van der Waals surface area contributed by atoms with Gasteiger partial charge in [-0.3, -0.25) is 0 Å². The second kappa shape index (κ2) is 10.3. The van der Waals surface area contributed by atoms with Gasteiger partial charge in [0.2, 0.25) is 0 Å². The number of alkyl halides is 1. The van der Waals surface area contributed by atoms with Crippen LogP contribution in [0.5, 0.6) is 11.5 Å². The Hall–Kier alpha value is -2.11. The van der Waals surface area contributed by atoms with Crippen LogP contribution in [-0.2, 0) is 5.41 Å². The van der Waals surface area contributed by atoms with Gasteiger partial charge in [0.05, 0.1) is 13.2 Å². The first-order valence-corrected chi connectivity index (χ1v) is 9.50. The van der Waals surface area contributed by atoms with Crippen LogP contribution in [0.15, 0.2) is 53.7 Å². The molecule has 1 unspecified atom stereocenters. The van der Waals surface area contributed by atoms with Crippen LogP contribution in [0.2, 0.25) is 0 Å². The summed E-state index contributed by atoms with van der Waals surface area (Å²) in [5, 5.41) is 11.8. The number of halogens is 1. The van der Waals surface area contributed by atoms with Crippen molar-refractivity contribution < 1.29 is 14.6 Å². The molecule has 27 heavy (non-hydrogen) atoms. The summed E-state index contributed by atoms with van der Waals surface area (Å²) in [6.45, 7) is 4.67. The molecule has 5 nitrogen and oxygen atoms in total. The average molecular weight is 392 g/mol. The fourth-order valence-corrected chi connectivity index (χ4v) is 2.76. The third-order valence-electron chi connectivity index (χ3n) is 4.50. The molecular formula is C21H26ClNO4. The van der Waals surface area contributed by atoms with E-state index in [0.717, 1.165) is 17.7 Å². The summed E-state index contributed by atoms with van der Waals surface area (Å²) in [6, 6.07) is 15.1. The Morgan fingerprint density at radius 1 is 1.00 bits per heavy atom. The van der Waals surface area contributed by atoms with E-state index in [2.05, 4.69) is 31.2 Å². The number of aliphatic hydroxyl groups is 1. The SMILES string of the molecule is CC(C)(c1ccc(OCCCCl)cc1)c1ccc(OCC(CO)N=O)cc1. The summed E-state index contributed by atoms with van der Waals surface area (Å²) in [7, 11) is 0. The van der Waals surface area contributed by atoms with E-state index in [4.69, 9.17) is 26.2 Å². The lowest BCUT2D eigenvalue weighted by atomic mass is 9.78. The van der Waals surface area contributed by atoms with E-state index in [0.29, 0.717) is 18.2 Å². The minimum Gasteiger partial charge on any atom is -0.494 e. The van der Waals surface area contributed by atoms with E-state index in [-0.39, 0.29) is 18.6 Å². The molecule has 0 spiro atoms. The third kappa shape index (κ3) is 5.94. The quantitative estimate of drug-likeness (QED) is 0.347. The normalized spacial score (nSPS) is 12.4. The average Bonchev–Trinajstić information content (AvgIpc) is 2.70. The molecule has 6 heteroatoms. The highest BCUT2D eigenvalue weighted by Crippen LogP contribution is 2.33. The molecule has 0 aliphatic carbocycles. The Balaban J connectivity index is 2.03. The van der Waals surface area contributed by atoms with Crippen molar-refractivity contribution in [1.82, 2.24) is 0 Å². The fourth-order valence-electron chi connectivity index (χ4n) is 2.66. The lowest BCUT2D eigenvalue weighted by molar-refractivity contribution is 0.207. The zero-order chi connectivity index (χ0) is 19.7. The second-order valence-corrected chi connectivity index (χ2v) is 7.20. The maximum atomic E-state index is 10.5. The fraction of sp³-hybridized carbons (Fsp3) is 0.429. The number of hydrogen-bond acceptors (Lipinski definition) is 5. The molecule has 146 valence electrons. The number of nitroso groups, excluding NO2 is 1. The molecule has 1 N–H and O–H groups in total. The van der Waals surface area contributed by atoms with Gasteiger partial charge in [-0.15, -0.1) is 11.6 Å². The molecule has 0 amide bonds. The smallest absolute Gasteiger partial charge is 0.149 e. The van der Waals surface area contributed by atoms with Gasteiger partial charge >= 0.3 is 0 Å². The standard InChI is InChI=1S/C21H26ClNO4/c1-21(2,16-4-8-19(9-5-16)26-13-3-12-22)17-6-10-20(11-7-17)27-15-18(14-24)23-25/h4-11,18,24H,3,12-15H2,1-2H3. The van der Waals surface area contributed by atoms with E-state index in [1.54, 1.807) is 0 Å². The molecule has 0 heterocycles. The summed E-state index contributed by atoms with van der Waals surface area (Å²) in [4.78, 5) is 10.5. The van der Waals surface area contributed by atoms with Crippen molar-refractivity contribution >= 4 is 11.6 Å². The number of ether oxygens (including phenoxy) is 2. The third-order valence-corrected chi connectivity index (χ3v) is 4.77. The van der Waals surface area contributed by atoms with Crippen molar-refractivity contribution in [2.75, 3.05) is 25.7 Å². The van der Waals surface area contributed by atoms with Gasteiger partial charge in [-0.05, 0) is 41.8 Å². The summed E-state index contributed by atoms with van der Waals surface area (Å²) in [6.07, 6.45) is 0.825. The summed E-state index contributed by atoms with van der Waals surface area (Å²) >= 11 is 5.66. The number of rotatable bonds is 11. The zero-order valence-electron chi connectivity index (χ0n) is 15.7. The van der Waals surface area contributed by atoms with Crippen LogP contribution in [0.1, 0.15) is 31.4 Å². The minimum absolute atomic E-state index is 0.0634. The van der Waals surface area contributed by atoms with E-state index < -0.39 is 6.04 Å². The maximum Gasteiger partial charge on any atom is 0.149 e. The highest BCUT2D eigenvalue weighted by molar-refractivity contribution is 6.17. The van der Waals surface area contributed by atoms with Crippen LogP contribution in [0.4, 0.5) is 0 Å². The molecule has 2 rings (SSSR count). The zero-order valence-corrected chi connectivity index (χ0v) is 16.5. The van der Waals surface area contributed by atoms with E-state index in [1.165, 1.54) is 5.56 Å². The van der Waals surface area contributed by atoms with Crippen molar-refractivity contribution in [2.24, 2.45) is 5.18 Å². The van der Waals surface area contributed by atoms with E-state index >= 15 is 0 Å². The Bertz CT molecular complexity index is 701. The molecule has 0 radical (unpaired) electrons. The minimum atomic E-state index is -0.744. The molecular weight excluding hydrogens is 366 g/mol. The molecule has 0 saturated carbocycles. The largest absolute Gasteiger partial charge is 0.494 e. The van der Waals surface area contributed by atoms with Crippen molar-refractivity contribution in [3.8, 4) is 11.5 Å². The molecule has 0 bridgehead atoms. The topological polar surface area (TPSA) is 68.1 Å². The van der Waals surface area contributed by atoms with Crippen molar-refractivity contribution in [3.63, 3.8) is 0 Å². The predicted molar refractivity (Wildman–Crippen MR) is 108 cm³/mol. The Morgan fingerprint density at radius 3 is 1.96 bits per heavy atom. The first-order valence-electron chi connectivity index (χ1n) is 8.97. The Kier molecular flexibility index (Phi) is 8.07. The first-order chi connectivity index (χ1) is 13.0. The molecule has 0 aliphatic heterocycles. The highest BCUT2D eigenvalue weighted by atomic mass is 35.5. The molecule has 0 saturated heterocycles. The van der Waals surface area contributed by atoms with Gasteiger partial charge in [-0.1, -0.05) is 43.3 Å². The van der Waals surface area contributed by atoms with Crippen LogP contribution in [0.25, 0.3) is 0 Å². The first kappa shape index (κ1) is 21.2. The molecule has 0 fully saturated rings. The molecule has 2 aromatic carbocycles. The number of hydrogen-bond donors (Lipinski definition) is 1. The van der Waals surface area contributed by atoms with Crippen LogP contribution >= 0.6 is 11.6 Å². The Morgan fingerprint density at radius 2 is 1.52 bits per heavy atom. The van der Waals surface area contributed by atoms with Gasteiger partial charge in [-0.2, -0.15) is 4.91 Å². The number of nitrogens with zero attached hydrogens (tertiary/aromatic N) is 1. The number of benzene rings is 2. The summed E-state index contributed by atoms with van der Waals surface area (Å²) < 4.78 is 11.2. The molecule has 0 aromatic heterocycles. The van der Waals surface area contributed by atoms with Gasteiger partial charge < -0.3 is 14.6 Å². The second-order valence-electron chi connectivity index (χ2n) is 6.82. The number of aliphatic hydroxyl groups excluding tert-OH is 1. The lowest BCUT2D eigenvalue weighted by Gasteiger charge is -2.26. The van der Waals surface area contributed by atoms with Gasteiger partial charge in [-0.25, -0.2) is 0 Å². The molecule has 2 aromatic rings. The Labute approximate surface area is 165 Å². The van der Waals surface area contributed by atoms with Crippen LogP contribution in [0.3, 0.4) is 0 Å². The van der Waals surface area contributed by atoms with Crippen LogP contribution in [-0.4, -0.2) is 36.8 Å². The summed E-state index contributed by atoms with van der Waals surface area (Å²) in [5.74, 6) is 2.07. The van der Waals surface area contributed by atoms with Crippen molar-refractivity contribution in [2.45, 2.75) is 31.7 Å². The van der Waals surface area contributed by atoms with Crippen LogP contribution in [0, 0.1) is 4.91 Å². The maximum absolute atomic E-state index is 10.5. The summed E-state index contributed by atoms with van der Waals surface area (Å²) in [5.41, 5.74) is 2.12. The molecule has 1 atom stereocenters. The molecule has 0 aliphatic rings. The van der Waals surface area contributed by atoms with Gasteiger partial charge in [0.15, 0.2) is 0 Å². The van der Waals surface area contributed by atoms with Gasteiger partial charge in [0.1, 0.15) is 24.1 Å².